The predicted molar refractivity (Wildman–Crippen MR) is 495 cm³/mol. The number of aliphatic hydroxyl groups excluding tert-OH is 1. The highest BCUT2D eigenvalue weighted by Crippen LogP contribution is 2.61. The van der Waals surface area contributed by atoms with E-state index in [4.69, 9.17) is 134 Å². The molecule has 6 aromatic heterocycles. The van der Waals surface area contributed by atoms with Crippen LogP contribution < -0.4 is 31.0 Å². The molecule has 0 bridgehead atoms. The van der Waals surface area contributed by atoms with Crippen LogP contribution in [0.3, 0.4) is 0 Å². The summed E-state index contributed by atoms with van der Waals surface area (Å²) in [6, 6.07) is 5.31. The molecule has 1 atom stereocenters. The summed E-state index contributed by atoms with van der Waals surface area (Å²) in [5.74, 6) is -2.78. The third-order valence-corrected chi connectivity index (χ3v) is 18.2. The third kappa shape index (κ3) is 52.1. The lowest BCUT2D eigenvalue weighted by atomic mass is 10.0. The minimum atomic E-state index is -3.22. The number of pyridine rings is 6. The fourth-order valence-corrected chi connectivity index (χ4v) is 10.3. The van der Waals surface area contributed by atoms with E-state index in [1.54, 1.807) is 129 Å². The first-order valence-electron chi connectivity index (χ1n) is 38.2. The normalized spacial score (nSPS) is 9.75. The second-order valence-corrected chi connectivity index (χ2v) is 33.4. The van der Waals surface area contributed by atoms with Gasteiger partial charge in [0.15, 0.2) is 6.29 Å². The molecule has 720 valence electrons. The molecule has 0 aliphatic rings. The quantitative estimate of drug-likeness (QED) is 0.00695. The van der Waals surface area contributed by atoms with Gasteiger partial charge in [0.2, 0.25) is 0 Å². The lowest BCUT2D eigenvalue weighted by Crippen LogP contribution is -2.22. The number of halogens is 10. The van der Waals surface area contributed by atoms with Crippen molar-refractivity contribution in [2.75, 3.05) is 98.1 Å². The Morgan fingerprint density at radius 2 is 0.854 bits per heavy atom. The molecule has 0 aliphatic carbocycles. The zero-order valence-corrected chi connectivity index (χ0v) is 83.6. The van der Waals surface area contributed by atoms with Gasteiger partial charge in [0, 0.05) is 116 Å². The number of H-pyrrole nitrogens is 1. The highest BCUT2D eigenvalue weighted by molar-refractivity contribution is 8.24. The molecule has 1 aromatic carbocycles. The molecule has 0 saturated carbocycles. The number of aliphatic hydroxyl groups is 1. The molecule has 0 spiro atoms. The molecule has 7 aromatic rings. The number of esters is 7. The van der Waals surface area contributed by atoms with Gasteiger partial charge in [-0.25, -0.2) is 44.1 Å². The molecule has 0 saturated heterocycles. The molecule has 130 heavy (non-hydrogen) atoms. The Morgan fingerprint density at radius 1 is 0.500 bits per heavy atom. The number of Topliss-reactive ketones (excluding diaryl/α,β-unsaturated/α-hetero) is 2. The molecule has 1 unspecified atom stereocenters. The molecule has 0 amide bonds. The molecule has 47 heteroatoms. The summed E-state index contributed by atoms with van der Waals surface area (Å²) in [6.07, 6.45) is 12.1. The van der Waals surface area contributed by atoms with Gasteiger partial charge < -0.3 is 73.8 Å². The fourth-order valence-electron chi connectivity index (χ4n) is 9.04. The van der Waals surface area contributed by atoms with E-state index in [9.17, 15) is 62.4 Å². The van der Waals surface area contributed by atoms with Gasteiger partial charge in [-0.15, -0.1) is 0 Å². The van der Waals surface area contributed by atoms with Gasteiger partial charge in [-0.2, -0.15) is 19.2 Å². The van der Waals surface area contributed by atoms with E-state index < -0.39 is 52.5 Å². The van der Waals surface area contributed by atoms with Crippen molar-refractivity contribution in [3.63, 3.8) is 0 Å². The van der Waals surface area contributed by atoms with Crippen LogP contribution in [-0.4, -0.2) is 194 Å². The number of methoxy groups -OCH3 is 3. The molecule has 7 rings (SSSR count). The zero-order chi connectivity index (χ0) is 101. The number of aldehydes is 1. The number of nitrogens with zero attached hydrogens (tertiary/aromatic N) is 5. The van der Waals surface area contributed by atoms with Gasteiger partial charge in [0.25, 0.3) is 5.56 Å². The van der Waals surface area contributed by atoms with Crippen molar-refractivity contribution in [2.24, 2.45) is 5.92 Å². The number of benzene rings is 1. The second-order valence-electron chi connectivity index (χ2n) is 24.3. The Kier molecular flexibility index (Phi) is 72.6. The number of carbonyl (C=O) groups is 10. The summed E-state index contributed by atoms with van der Waals surface area (Å²) in [5.41, 5.74) is 8.48. The van der Waals surface area contributed by atoms with Gasteiger partial charge >= 0.3 is 59.3 Å². The number of ketones is 2. The van der Waals surface area contributed by atoms with Gasteiger partial charge in [-0.05, 0) is 154 Å². The minimum Gasteiger partial charge on any atom is -0.507 e. The van der Waals surface area contributed by atoms with Crippen LogP contribution in [-0.2, 0) is 93.9 Å². The monoisotopic (exact) mass is 2040 g/mol. The Hall–Kier alpha value is -10.1. The van der Waals surface area contributed by atoms with Gasteiger partial charge in [0.1, 0.15) is 78.0 Å². The molecule has 6 N–H and O–H groups in total. The zero-order valence-electron chi connectivity index (χ0n) is 75.1. The minimum absolute atomic E-state index is 0.0241. The number of carbonyl (C=O) groups excluding carboxylic acids is 14. The highest BCUT2D eigenvalue weighted by Gasteiger charge is 2.23. The van der Waals surface area contributed by atoms with E-state index in [1.165, 1.54) is 38.8 Å². The summed E-state index contributed by atoms with van der Waals surface area (Å²) >= 11 is 54.5. The van der Waals surface area contributed by atoms with Crippen LogP contribution >= 0.6 is 120 Å². The average Bonchev–Trinajstić information content (AvgIpc) is 0.841. The van der Waals surface area contributed by atoms with Crippen molar-refractivity contribution in [3.8, 4) is 17.2 Å². The van der Waals surface area contributed by atoms with Crippen molar-refractivity contribution in [1.29, 1.82) is 0 Å². The van der Waals surface area contributed by atoms with Crippen molar-refractivity contribution in [1.82, 2.24) is 29.9 Å². The standard InChI is InChI=1S/C11H14O4.C10H13ClN2O2.2C9H9Cl2NO2.C9H11NO4.C9H16O3.C8H11ClN2O.C8H9ClN2O.C8H14O3.2CO2.Cl3OP/c1-13-9-4-8(6-11(12)15-3)5-10(7-9)14-2;1-4-15-10(14)7-5-13-9(11)6(2)8(7)12-3;2*1-3-14-9(13)6-4-12-8(11)5(2)7(6)10;1-3-14-9(13)6-4-10-8(12)5(2)7(6)11;1-4-6-8(10)7(3)9(11)12-5-2;2*1-5-7(10-2)6(4-12)3-11-8(5)9;1-3-5-7(9)6-8(10)11-4-2;2*2-1-3;1-5(2,3)4/h4-5,7H,6H2,1-3H3;5H,4H2,1-3H3,(H,12,13);2*4H,3H2,1-2H3;4H,3H2,1-2H3,(H2,10,11,12);7H,4-6H2,1-3H3;3,12H,4H2,1-2H3,(H,10,11);3-4H,1-2H3,(H,10,11);3-6H2,1-2H3;;;. The van der Waals surface area contributed by atoms with Crippen molar-refractivity contribution in [2.45, 2.75) is 149 Å². The van der Waals surface area contributed by atoms with E-state index in [1.807, 2.05) is 27.7 Å². The molecule has 0 radical (unpaired) electrons. The van der Waals surface area contributed by atoms with Crippen LogP contribution in [0.5, 0.6) is 17.2 Å². The molecule has 0 aliphatic heterocycles. The van der Waals surface area contributed by atoms with Crippen LogP contribution in [0.4, 0.5) is 17.1 Å². The first-order valence-corrected chi connectivity index (χ1v) is 45.2. The number of aromatic amines is 1. The Morgan fingerprint density at radius 3 is 1.22 bits per heavy atom. The van der Waals surface area contributed by atoms with E-state index in [2.05, 4.69) is 93.8 Å². The summed E-state index contributed by atoms with van der Waals surface area (Å²) < 4.78 is 52.7. The van der Waals surface area contributed by atoms with Crippen LogP contribution in [0.15, 0.2) is 60.2 Å². The Labute approximate surface area is 802 Å². The SMILES string of the molecule is CCCC(=O)C(C)C(=O)OCC.CCCC(=O)CC(=O)OCC.CCOC(=O)c1c[nH]c(=O)c(C)c1O.CCOC(=O)c1cnc(Cl)c(C)c1Cl.CCOC(=O)c1cnc(Cl)c(C)c1Cl.CCOC(=O)c1cnc(Cl)c(C)c1NC.CNc1c(C=O)cnc(Cl)c1C.CNc1c(CO)cnc(Cl)c1C.COC(=O)Cc1cc(OC)cc(OC)c1.O=C=O.O=C=O.O=P(Cl)(Cl)Cl. The van der Waals surface area contributed by atoms with E-state index in [0.29, 0.717) is 121 Å². The van der Waals surface area contributed by atoms with Crippen LogP contribution in [0.25, 0.3) is 0 Å². The number of hydrogen-bond donors (Lipinski definition) is 6. The number of rotatable bonds is 27. The summed E-state index contributed by atoms with van der Waals surface area (Å²) in [5, 5.41) is 26.4. The third-order valence-electron chi connectivity index (χ3n) is 15.4. The van der Waals surface area contributed by atoms with E-state index in [-0.39, 0.29) is 83.9 Å². The first-order chi connectivity index (χ1) is 61.1. The molecular weight excluding hydrogens is 1940 g/mol. The number of nitrogens with one attached hydrogen (secondary N) is 4. The average molecular weight is 2050 g/mol. The second kappa shape index (κ2) is 73.5. The molecule has 0 fully saturated rings. The Bertz CT molecular complexity index is 4810. The summed E-state index contributed by atoms with van der Waals surface area (Å²) in [6.45, 7) is 27.8. The number of aromatic nitrogens is 6. The lowest BCUT2D eigenvalue weighted by Gasteiger charge is -2.11. The van der Waals surface area contributed by atoms with Crippen molar-refractivity contribution in [3.05, 3.63) is 174 Å². The number of anilines is 3. The number of aromatic hydroxyl groups is 1. The molecule has 36 nitrogen and oxygen atoms in total. The van der Waals surface area contributed by atoms with Crippen molar-refractivity contribution < 1.29 is 125 Å². The number of ether oxygens (including phenoxy) is 9. The van der Waals surface area contributed by atoms with Gasteiger partial charge in [-0.1, -0.05) is 95.1 Å². The Balaban J connectivity index is -0.000000445. The fraction of sp³-hybridized carbons (Fsp3) is 0.422. The maximum atomic E-state index is 11.5. The maximum absolute atomic E-state index is 11.5. The lowest BCUT2D eigenvalue weighted by molar-refractivity contribution is -0.193. The van der Waals surface area contributed by atoms with Crippen LogP contribution in [0, 0.1) is 47.5 Å². The summed E-state index contributed by atoms with van der Waals surface area (Å²) in [4.78, 5) is 176. The maximum Gasteiger partial charge on any atom is 0.373 e. The van der Waals surface area contributed by atoms with Gasteiger partial charge in [0.05, 0.1) is 118 Å². The first kappa shape index (κ1) is 128. The van der Waals surface area contributed by atoms with E-state index in [0.717, 1.165) is 64.5 Å². The molecule has 6 heterocycles. The van der Waals surface area contributed by atoms with Crippen molar-refractivity contribution >= 4 is 209 Å². The van der Waals surface area contributed by atoms with E-state index >= 15 is 0 Å². The van der Waals surface area contributed by atoms with Crippen LogP contribution in [0.1, 0.15) is 191 Å². The summed E-state index contributed by atoms with van der Waals surface area (Å²) in [7, 11) is 9.75. The molecular formula is C83H106Cl10N9O27P. The smallest absolute Gasteiger partial charge is 0.373 e. The largest absolute Gasteiger partial charge is 0.507 e. The highest BCUT2D eigenvalue weighted by atomic mass is 36.0. The van der Waals surface area contributed by atoms with Crippen LogP contribution in [0.2, 0.25) is 35.8 Å². The topological polar surface area (TPSA) is 513 Å². The predicted octanol–water partition coefficient (Wildman–Crippen LogP) is 18.0. The van der Waals surface area contributed by atoms with Gasteiger partial charge in [-0.3, -0.25) is 38.1 Å². The number of hydrogen-bond acceptors (Lipinski definition) is 35.